The van der Waals surface area contributed by atoms with Gasteiger partial charge in [0.2, 0.25) is 10.0 Å². The molecule has 0 aromatic carbocycles. The maximum Gasteiger partial charge on any atom is 0.250 e. The number of thiophene rings is 1. The minimum atomic E-state index is -3.42. The second-order valence-electron chi connectivity index (χ2n) is 5.78. The second kappa shape index (κ2) is 7.19. The maximum atomic E-state index is 12.4. The molecule has 1 aromatic rings. The van der Waals surface area contributed by atoms with Gasteiger partial charge in [0.25, 0.3) is 0 Å². The summed E-state index contributed by atoms with van der Waals surface area (Å²) < 4.78 is 33.4. The van der Waals surface area contributed by atoms with E-state index in [4.69, 9.17) is 4.74 Å². The molecule has 1 aliphatic rings. The van der Waals surface area contributed by atoms with Gasteiger partial charge >= 0.3 is 0 Å². The Morgan fingerprint density at radius 2 is 2.19 bits per heavy atom. The van der Waals surface area contributed by atoms with Crippen molar-refractivity contribution in [3.8, 4) is 0 Å². The zero-order valence-corrected chi connectivity index (χ0v) is 14.4. The van der Waals surface area contributed by atoms with E-state index in [0.29, 0.717) is 23.4 Å². The Kier molecular flexibility index (Phi) is 5.79. The summed E-state index contributed by atoms with van der Waals surface area (Å²) in [5.41, 5.74) is 0. The average molecular weight is 332 g/mol. The molecule has 1 aliphatic heterocycles. The molecule has 0 amide bonds. The van der Waals surface area contributed by atoms with Crippen LogP contribution in [0.5, 0.6) is 0 Å². The minimum Gasteiger partial charge on any atom is -0.378 e. The van der Waals surface area contributed by atoms with Crippen LogP contribution in [-0.4, -0.2) is 33.2 Å². The lowest BCUT2D eigenvalue weighted by Gasteiger charge is -2.27. The molecule has 1 saturated heterocycles. The highest BCUT2D eigenvalue weighted by Crippen LogP contribution is 2.23. The van der Waals surface area contributed by atoms with Crippen LogP contribution in [-0.2, 0) is 21.3 Å². The van der Waals surface area contributed by atoms with Gasteiger partial charge in [-0.15, -0.1) is 11.3 Å². The monoisotopic (exact) mass is 332 g/mol. The van der Waals surface area contributed by atoms with E-state index in [1.54, 1.807) is 6.07 Å². The molecule has 0 aliphatic carbocycles. The molecule has 2 unspecified atom stereocenters. The van der Waals surface area contributed by atoms with Crippen molar-refractivity contribution in [3.63, 3.8) is 0 Å². The van der Waals surface area contributed by atoms with E-state index in [1.165, 1.54) is 11.3 Å². The molecule has 2 N–H and O–H groups in total. The van der Waals surface area contributed by atoms with Gasteiger partial charge in [-0.3, -0.25) is 0 Å². The molecule has 0 saturated carbocycles. The van der Waals surface area contributed by atoms with Gasteiger partial charge in [-0.2, -0.15) is 0 Å². The molecule has 0 radical (unpaired) electrons. The highest BCUT2D eigenvalue weighted by atomic mass is 32.2. The highest BCUT2D eigenvalue weighted by Gasteiger charge is 2.26. The molecule has 7 heteroatoms. The van der Waals surface area contributed by atoms with Crippen molar-refractivity contribution in [1.82, 2.24) is 10.0 Å². The Bertz CT molecular complexity index is 554. The first kappa shape index (κ1) is 16.9. The van der Waals surface area contributed by atoms with Gasteiger partial charge in [-0.25, -0.2) is 13.1 Å². The summed E-state index contributed by atoms with van der Waals surface area (Å²) in [7, 11) is -3.42. The van der Waals surface area contributed by atoms with Crippen LogP contribution in [0.15, 0.2) is 16.3 Å². The molecule has 0 bridgehead atoms. The number of rotatable bonds is 6. The third kappa shape index (κ3) is 5.03. The standard InChI is InChI=1S/C14H24N2O3S2/c1-10(2)15-9-13-4-5-14(20-13)21(17,18)16-12-6-7-19-11(3)8-12/h4-5,10-12,15-16H,6-9H2,1-3H3. The van der Waals surface area contributed by atoms with E-state index >= 15 is 0 Å². The summed E-state index contributed by atoms with van der Waals surface area (Å²) in [6.45, 7) is 7.42. The zero-order valence-electron chi connectivity index (χ0n) is 12.8. The Labute approximate surface area is 131 Å². The van der Waals surface area contributed by atoms with Crippen LogP contribution in [0.1, 0.15) is 38.5 Å². The van der Waals surface area contributed by atoms with E-state index in [2.05, 4.69) is 23.9 Å². The molecule has 0 spiro atoms. The summed E-state index contributed by atoms with van der Waals surface area (Å²) in [5.74, 6) is 0. The molecule has 5 nitrogen and oxygen atoms in total. The number of hydrogen-bond acceptors (Lipinski definition) is 5. The predicted molar refractivity (Wildman–Crippen MR) is 85.1 cm³/mol. The van der Waals surface area contributed by atoms with E-state index in [1.807, 2.05) is 13.0 Å². The van der Waals surface area contributed by atoms with Gasteiger partial charge in [-0.1, -0.05) is 13.8 Å². The quantitative estimate of drug-likeness (QED) is 0.837. The first-order chi connectivity index (χ1) is 9.87. The van der Waals surface area contributed by atoms with Gasteiger partial charge in [0.05, 0.1) is 6.10 Å². The number of nitrogens with one attached hydrogen (secondary N) is 2. The Morgan fingerprint density at radius 1 is 1.43 bits per heavy atom. The SMILES string of the molecule is CC(C)NCc1ccc(S(=O)(=O)NC2CCOC(C)C2)s1. The van der Waals surface area contributed by atoms with E-state index in [9.17, 15) is 8.42 Å². The smallest absolute Gasteiger partial charge is 0.250 e. The molecule has 1 fully saturated rings. The van der Waals surface area contributed by atoms with Crippen molar-refractivity contribution in [2.75, 3.05) is 6.61 Å². The summed E-state index contributed by atoms with van der Waals surface area (Å²) in [4.78, 5) is 1.03. The number of hydrogen-bond donors (Lipinski definition) is 2. The van der Waals surface area contributed by atoms with Crippen LogP contribution in [0.25, 0.3) is 0 Å². The van der Waals surface area contributed by atoms with E-state index in [0.717, 1.165) is 17.7 Å². The summed E-state index contributed by atoms with van der Waals surface area (Å²) in [6, 6.07) is 3.92. The molecular weight excluding hydrogens is 308 g/mol. The fourth-order valence-corrected chi connectivity index (χ4v) is 4.89. The zero-order chi connectivity index (χ0) is 15.5. The molecule has 2 atom stereocenters. The van der Waals surface area contributed by atoms with Crippen molar-refractivity contribution in [1.29, 1.82) is 0 Å². The molecule has 2 heterocycles. The van der Waals surface area contributed by atoms with Crippen LogP contribution in [0.2, 0.25) is 0 Å². The van der Waals surface area contributed by atoms with Crippen LogP contribution < -0.4 is 10.0 Å². The average Bonchev–Trinajstić information content (AvgIpc) is 2.85. The van der Waals surface area contributed by atoms with Crippen molar-refractivity contribution in [2.45, 2.75) is 62.6 Å². The summed E-state index contributed by atoms with van der Waals surface area (Å²) in [5, 5.41) is 3.29. The topological polar surface area (TPSA) is 67.4 Å². The molecule has 1 aromatic heterocycles. The normalized spacial score (nSPS) is 23.6. The van der Waals surface area contributed by atoms with Crippen LogP contribution in [0, 0.1) is 0 Å². The summed E-state index contributed by atoms with van der Waals surface area (Å²) in [6.07, 6.45) is 1.57. The second-order valence-corrected chi connectivity index (χ2v) is 8.89. The predicted octanol–water partition coefficient (Wildman–Crippen LogP) is 2.09. The fourth-order valence-electron chi connectivity index (χ4n) is 2.28. The van der Waals surface area contributed by atoms with E-state index < -0.39 is 10.0 Å². The van der Waals surface area contributed by atoms with Crippen molar-refractivity contribution < 1.29 is 13.2 Å². The third-order valence-electron chi connectivity index (χ3n) is 3.39. The fraction of sp³-hybridized carbons (Fsp3) is 0.714. The van der Waals surface area contributed by atoms with Crippen LogP contribution >= 0.6 is 11.3 Å². The van der Waals surface area contributed by atoms with Crippen molar-refractivity contribution >= 4 is 21.4 Å². The van der Waals surface area contributed by atoms with Crippen molar-refractivity contribution in [2.24, 2.45) is 0 Å². The Hall–Kier alpha value is -0.470. The Morgan fingerprint density at radius 3 is 2.86 bits per heavy atom. The Balaban J connectivity index is 1.98. The lowest BCUT2D eigenvalue weighted by atomic mass is 10.1. The van der Waals surface area contributed by atoms with Gasteiger partial charge in [0.15, 0.2) is 0 Å². The van der Waals surface area contributed by atoms with Gasteiger partial charge in [0.1, 0.15) is 4.21 Å². The molecule has 21 heavy (non-hydrogen) atoms. The maximum absolute atomic E-state index is 12.4. The number of sulfonamides is 1. The van der Waals surface area contributed by atoms with Crippen LogP contribution in [0.4, 0.5) is 0 Å². The van der Waals surface area contributed by atoms with Crippen molar-refractivity contribution in [3.05, 3.63) is 17.0 Å². The largest absolute Gasteiger partial charge is 0.378 e. The third-order valence-corrected chi connectivity index (χ3v) is 6.49. The molecule has 2 rings (SSSR count). The number of ether oxygens (including phenoxy) is 1. The van der Waals surface area contributed by atoms with Gasteiger partial charge in [-0.05, 0) is 31.9 Å². The molecular formula is C14H24N2O3S2. The first-order valence-electron chi connectivity index (χ1n) is 7.33. The van der Waals surface area contributed by atoms with E-state index in [-0.39, 0.29) is 12.1 Å². The lowest BCUT2D eigenvalue weighted by molar-refractivity contribution is 0.0173. The van der Waals surface area contributed by atoms with Crippen LogP contribution in [0.3, 0.4) is 0 Å². The highest BCUT2D eigenvalue weighted by molar-refractivity contribution is 7.91. The minimum absolute atomic E-state index is 0.0295. The summed E-state index contributed by atoms with van der Waals surface area (Å²) >= 11 is 1.33. The van der Waals surface area contributed by atoms with Gasteiger partial charge < -0.3 is 10.1 Å². The van der Waals surface area contributed by atoms with Gasteiger partial charge in [0, 0.05) is 30.1 Å². The first-order valence-corrected chi connectivity index (χ1v) is 9.63. The molecule has 120 valence electrons. The lowest BCUT2D eigenvalue weighted by Crippen LogP contribution is -2.40.